The van der Waals surface area contributed by atoms with Gasteiger partial charge in [-0.3, -0.25) is 4.99 Å². The number of hydrogen-bond donors (Lipinski definition) is 1. The van der Waals surface area contributed by atoms with Gasteiger partial charge in [0.2, 0.25) is 0 Å². The van der Waals surface area contributed by atoms with Crippen LogP contribution in [-0.2, 0) is 12.8 Å². The molecular weight excluding hydrogens is 264 g/mol. The van der Waals surface area contributed by atoms with Crippen molar-refractivity contribution in [3.05, 3.63) is 29.3 Å². The zero-order valence-electron chi connectivity index (χ0n) is 12.5. The summed E-state index contributed by atoms with van der Waals surface area (Å²) < 4.78 is 0. The lowest BCUT2D eigenvalue weighted by molar-refractivity contribution is 0.443. The Morgan fingerprint density at radius 3 is 3.00 bits per heavy atom. The van der Waals surface area contributed by atoms with E-state index in [4.69, 9.17) is 4.99 Å². The van der Waals surface area contributed by atoms with Crippen molar-refractivity contribution in [2.24, 2.45) is 4.99 Å². The van der Waals surface area contributed by atoms with Crippen LogP contribution in [-0.4, -0.2) is 16.5 Å². The first kappa shape index (κ1) is 14.0. The third kappa shape index (κ3) is 2.88. The predicted octanol–water partition coefficient (Wildman–Crippen LogP) is 4.64. The van der Waals surface area contributed by atoms with Crippen molar-refractivity contribution >= 4 is 22.6 Å². The minimum Gasteiger partial charge on any atom is -0.335 e. The maximum absolute atomic E-state index is 4.94. The van der Waals surface area contributed by atoms with Gasteiger partial charge in [-0.15, -0.1) is 0 Å². The molecule has 20 heavy (non-hydrogen) atoms. The van der Waals surface area contributed by atoms with E-state index < -0.39 is 0 Å². The molecule has 3 rings (SSSR count). The number of hydrogen-bond acceptors (Lipinski definition) is 3. The molecule has 0 amide bonds. The second-order valence-corrected chi connectivity index (χ2v) is 7.22. The number of nitrogens with one attached hydrogen (secondary N) is 1. The highest BCUT2D eigenvalue weighted by Crippen LogP contribution is 2.32. The van der Waals surface area contributed by atoms with Crippen LogP contribution in [0.4, 0.5) is 5.69 Å². The molecule has 1 aromatic carbocycles. The zero-order chi connectivity index (χ0) is 14.0. The summed E-state index contributed by atoms with van der Waals surface area (Å²) in [6.45, 7) is 4.51. The van der Waals surface area contributed by atoms with E-state index >= 15 is 0 Å². The third-order valence-corrected chi connectivity index (χ3v) is 5.53. The molecule has 0 spiro atoms. The van der Waals surface area contributed by atoms with E-state index in [1.54, 1.807) is 0 Å². The van der Waals surface area contributed by atoms with Gasteiger partial charge >= 0.3 is 0 Å². The molecule has 0 fully saturated rings. The molecule has 1 unspecified atom stereocenters. The highest BCUT2D eigenvalue weighted by Gasteiger charge is 2.26. The van der Waals surface area contributed by atoms with Crippen molar-refractivity contribution in [1.29, 1.82) is 0 Å². The first-order valence-electron chi connectivity index (χ1n) is 7.81. The molecule has 0 aromatic heterocycles. The highest BCUT2D eigenvalue weighted by molar-refractivity contribution is 8.14. The second kappa shape index (κ2) is 5.80. The predicted molar refractivity (Wildman–Crippen MR) is 89.9 cm³/mol. The summed E-state index contributed by atoms with van der Waals surface area (Å²) in [7, 11) is 0. The Morgan fingerprint density at radius 1 is 1.30 bits per heavy atom. The summed E-state index contributed by atoms with van der Waals surface area (Å²) >= 11 is 1.87. The van der Waals surface area contributed by atoms with E-state index in [9.17, 15) is 0 Å². The standard InChI is InChI=1S/C17H24N2S/c1-3-17(2)11-12-20-16(19-17)18-15-10-6-8-13-7-4-5-9-14(13)15/h6,8,10H,3-5,7,9,11-12H2,1-2H3,(H,18,19). The molecule has 0 saturated carbocycles. The molecule has 1 aliphatic carbocycles. The SMILES string of the molecule is CCC1(C)CCSC(Nc2cccc3c2CCCC3)=N1. The first-order valence-corrected chi connectivity index (χ1v) is 8.79. The highest BCUT2D eigenvalue weighted by atomic mass is 32.2. The van der Waals surface area contributed by atoms with Gasteiger partial charge in [0.25, 0.3) is 0 Å². The fraction of sp³-hybridized carbons (Fsp3) is 0.588. The Hall–Kier alpha value is -0.960. The maximum Gasteiger partial charge on any atom is 0.161 e. The van der Waals surface area contributed by atoms with E-state index in [1.165, 1.54) is 54.7 Å². The monoisotopic (exact) mass is 288 g/mol. The first-order chi connectivity index (χ1) is 9.70. The van der Waals surface area contributed by atoms with Crippen molar-refractivity contribution in [3.8, 4) is 0 Å². The van der Waals surface area contributed by atoms with Gasteiger partial charge in [-0.1, -0.05) is 30.8 Å². The topological polar surface area (TPSA) is 24.4 Å². The lowest BCUT2D eigenvalue weighted by atomic mass is 9.90. The van der Waals surface area contributed by atoms with E-state index in [-0.39, 0.29) is 5.54 Å². The van der Waals surface area contributed by atoms with Gasteiger partial charge in [0.05, 0.1) is 5.54 Å². The normalized spacial score (nSPS) is 25.8. The van der Waals surface area contributed by atoms with E-state index in [0.29, 0.717) is 0 Å². The third-order valence-electron chi connectivity index (χ3n) is 4.65. The number of thioether (sulfide) groups is 1. The van der Waals surface area contributed by atoms with E-state index in [0.717, 1.165) is 11.6 Å². The van der Waals surface area contributed by atoms with Gasteiger partial charge in [-0.2, -0.15) is 0 Å². The number of benzene rings is 1. The number of aryl methyl sites for hydroxylation is 1. The van der Waals surface area contributed by atoms with Crippen LogP contribution in [0.2, 0.25) is 0 Å². The molecule has 2 aliphatic rings. The molecule has 0 bridgehead atoms. The Bertz CT molecular complexity index is 524. The van der Waals surface area contributed by atoms with Crippen LogP contribution >= 0.6 is 11.8 Å². The molecule has 1 N–H and O–H groups in total. The fourth-order valence-electron chi connectivity index (χ4n) is 3.03. The minimum absolute atomic E-state index is 0.127. The molecule has 2 nitrogen and oxygen atoms in total. The summed E-state index contributed by atoms with van der Waals surface area (Å²) in [6, 6.07) is 6.68. The average molecular weight is 288 g/mol. The Labute approximate surface area is 126 Å². The summed E-state index contributed by atoms with van der Waals surface area (Å²) in [5.74, 6) is 1.17. The molecular formula is C17H24N2S. The summed E-state index contributed by atoms with van der Waals surface area (Å²) in [5.41, 5.74) is 4.46. The van der Waals surface area contributed by atoms with E-state index in [2.05, 4.69) is 37.4 Å². The van der Waals surface area contributed by atoms with Crippen molar-refractivity contribution < 1.29 is 0 Å². The lowest BCUT2D eigenvalue weighted by Gasteiger charge is -2.30. The van der Waals surface area contributed by atoms with Crippen molar-refractivity contribution in [1.82, 2.24) is 0 Å². The lowest BCUT2D eigenvalue weighted by Crippen LogP contribution is -2.30. The van der Waals surface area contributed by atoms with Gasteiger partial charge in [-0.25, -0.2) is 0 Å². The zero-order valence-corrected chi connectivity index (χ0v) is 13.4. The quantitative estimate of drug-likeness (QED) is 0.857. The van der Waals surface area contributed by atoms with Crippen molar-refractivity contribution in [2.75, 3.05) is 11.1 Å². The van der Waals surface area contributed by atoms with Crippen LogP contribution in [0.25, 0.3) is 0 Å². The molecule has 0 radical (unpaired) electrons. The molecule has 1 heterocycles. The number of aliphatic imine (C=N–C) groups is 1. The average Bonchev–Trinajstić information content (AvgIpc) is 2.48. The summed E-state index contributed by atoms with van der Waals surface area (Å²) in [6.07, 6.45) is 7.40. The Kier molecular flexibility index (Phi) is 4.06. The summed E-state index contributed by atoms with van der Waals surface area (Å²) in [5, 5.41) is 4.72. The Morgan fingerprint density at radius 2 is 2.15 bits per heavy atom. The number of fused-ring (bicyclic) bond motifs is 1. The van der Waals surface area contributed by atoms with Gasteiger partial charge in [-0.05, 0) is 62.6 Å². The largest absolute Gasteiger partial charge is 0.335 e. The molecule has 1 aromatic rings. The molecule has 0 saturated heterocycles. The molecule has 3 heteroatoms. The molecule has 1 atom stereocenters. The van der Waals surface area contributed by atoms with Crippen LogP contribution in [0.5, 0.6) is 0 Å². The van der Waals surface area contributed by atoms with E-state index in [1.807, 2.05) is 11.8 Å². The number of anilines is 1. The van der Waals surface area contributed by atoms with Gasteiger partial charge in [0.1, 0.15) is 0 Å². The van der Waals surface area contributed by atoms with Crippen LogP contribution in [0.1, 0.15) is 50.7 Å². The second-order valence-electron chi connectivity index (χ2n) is 6.14. The smallest absolute Gasteiger partial charge is 0.161 e. The molecule has 108 valence electrons. The fourth-order valence-corrected chi connectivity index (χ4v) is 4.24. The van der Waals surface area contributed by atoms with Crippen LogP contribution in [0.3, 0.4) is 0 Å². The van der Waals surface area contributed by atoms with Gasteiger partial charge in [0, 0.05) is 11.4 Å². The summed E-state index contributed by atoms with van der Waals surface area (Å²) in [4.78, 5) is 4.94. The van der Waals surface area contributed by atoms with Crippen LogP contribution in [0.15, 0.2) is 23.2 Å². The number of amidine groups is 1. The van der Waals surface area contributed by atoms with Gasteiger partial charge in [0.15, 0.2) is 5.17 Å². The number of rotatable bonds is 2. The van der Waals surface area contributed by atoms with Crippen molar-refractivity contribution in [3.63, 3.8) is 0 Å². The molecule has 1 aliphatic heterocycles. The van der Waals surface area contributed by atoms with Crippen molar-refractivity contribution in [2.45, 2.75) is 57.9 Å². The maximum atomic E-state index is 4.94. The van der Waals surface area contributed by atoms with Gasteiger partial charge < -0.3 is 5.32 Å². The number of nitrogens with zero attached hydrogens (tertiary/aromatic N) is 1. The van der Waals surface area contributed by atoms with Crippen LogP contribution in [0, 0.1) is 0 Å². The minimum atomic E-state index is 0.127. The van der Waals surface area contributed by atoms with Crippen LogP contribution < -0.4 is 5.32 Å². The Balaban J connectivity index is 1.85.